The second-order valence-electron chi connectivity index (χ2n) is 4.57. The Bertz CT molecular complexity index is 426. The third kappa shape index (κ3) is 4.25. The summed E-state index contributed by atoms with van der Waals surface area (Å²) >= 11 is 5.93. The highest BCUT2D eigenvalue weighted by Gasteiger charge is 2.27. The van der Waals surface area contributed by atoms with Crippen LogP contribution in [-0.4, -0.2) is 37.5 Å². The Morgan fingerprint density at radius 3 is 2.50 bits per heavy atom. The van der Waals surface area contributed by atoms with E-state index in [2.05, 4.69) is 5.32 Å². The molecule has 1 saturated heterocycles. The molecule has 0 bridgehead atoms. The van der Waals surface area contributed by atoms with Crippen LogP contribution in [0.2, 0.25) is 5.02 Å². The van der Waals surface area contributed by atoms with E-state index >= 15 is 0 Å². The van der Waals surface area contributed by atoms with Gasteiger partial charge in [0, 0.05) is 38.6 Å². The summed E-state index contributed by atoms with van der Waals surface area (Å²) in [6.45, 7) is 2.80. The fraction of sp³-hybridized carbons (Fsp3) is 0.538. The van der Waals surface area contributed by atoms with Crippen LogP contribution < -0.4 is 5.32 Å². The summed E-state index contributed by atoms with van der Waals surface area (Å²) in [6.07, 6.45) is -2.78. The van der Waals surface area contributed by atoms with E-state index in [-0.39, 0.29) is 23.9 Å². The minimum absolute atomic E-state index is 0. The summed E-state index contributed by atoms with van der Waals surface area (Å²) < 4.78 is 39.1. The number of alkyl halides is 2. The van der Waals surface area contributed by atoms with Gasteiger partial charge < -0.3 is 5.32 Å². The van der Waals surface area contributed by atoms with Crippen LogP contribution in [0.1, 0.15) is 18.0 Å². The van der Waals surface area contributed by atoms with Crippen LogP contribution in [0.25, 0.3) is 0 Å². The molecule has 0 aromatic heterocycles. The first kappa shape index (κ1) is 17.6. The summed E-state index contributed by atoms with van der Waals surface area (Å²) in [7, 11) is 0. The Balaban J connectivity index is 0.00000200. The summed E-state index contributed by atoms with van der Waals surface area (Å²) in [6, 6.07) is 3.84. The molecule has 1 aromatic carbocycles. The predicted molar refractivity (Wildman–Crippen MR) is 76.5 cm³/mol. The van der Waals surface area contributed by atoms with E-state index in [0.717, 1.165) is 13.1 Å². The van der Waals surface area contributed by atoms with Crippen LogP contribution in [0, 0.1) is 5.82 Å². The summed E-state index contributed by atoms with van der Waals surface area (Å²) in [5.41, 5.74) is 0.448. The zero-order valence-electron chi connectivity index (χ0n) is 10.8. The van der Waals surface area contributed by atoms with Gasteiger partial charge in [-0.3, -0.25) is 4.90 Å². The number of benzene rings is 1. The van der Waals surface area contributed by atoms with Crippen molar-refractivity contribution in [3.8, 4) is 0 Å². The fourth-order valence-electron chi connectivity index (χ4n) is 2.41. The smallest absolute Gasteiger partial charge is 0.240 e. The molecule has 1 aromatic rings. The van der Waals surface area contributed by atoms with Crippen molar-refractivity contribution < 1.29 is 13.2 Å². The van der Waals surface area contributed by atoms with E-state index in [4.69, 9.17) is 11.6 Å². The normalized spacial score (nSPS) is 17.9. The van der Waals surface area contributed by atoms with Gasteiger partial charge in [0.1, 0.15) is 5.82 Å². The molecule has 0 amide bonds. The predicted octanol–water partition coefficient (Wildman–Crippen LogP) is 3.50. The third-order valence-corrected chi connectivity index (χ3v) is 3.73. The molecule has 1 aliphatic rings. The van der Waals surface area contributed by atoms with E-state index in [9.17, 15) is 13.2 Å². The zero-order valence-corrected chi connectivity index (χ0v) is 12.4. The van der Waals surface area contributed by atoms with Gasteiger partial charge in [0.25, 0.3) is 0 Å². The van der Waals surface area contributed by atoms with Crippen LogP contribution in [0.15, 0.2) is 18.2 Å². The lowest BCUT2D eigenvalue weighted by Crippen LogP contribution is -2.45. The van der Waals surface area contributed by atoms with Crippen LogP contribution in [0.4, 0.5) is 13.2 Å². The Morgan fingerprint density at radius 1 is 1.25 bits per heavy atom. The first-order valence-corrected chi connectivity index (χ1v) is 6.64. The molecule has 1 atom stereocenters. The quantitative estimate of drug-likeness (QED) is 0.910. The number of halogens is 5. The van der Waals surface area contributed by atoms with E-state index in [1.54, 1.807) is 6.07 Å². The largest absolute Gasteiger partial charge is 0.314 e. The molecule has 114 valence electrons. The zero-order chi connectivity index (χ0) is 13.8. The highest BCUT2D eigenvalue weighted by Crippen LogP contribution is 2.33. The molecule has 0 saturated carbocycles. The van der Waals surface area contributed by atoms with Gasteiger partial charge in [-0.1, -0.05) is 23.7 Å². The minimum Gasteiger partial charge on any atom is -0.314 e. The molecule has 0 aliphatic carbocycles. The van der Waals surface area contributed by atoms with Crippen molar-refractivity contribution in [3.63, 3.8) is 0 Å². The van der Waals surface area contributed by atoms with Crippen LogP contribution in [0.3, 0.4) is 0 Å². The maximum atomic E-state index is 13.5. The molecule has 1 N–H and O–H groups in total. The number of hydrogen-bond acceptors (Lipinski definition) is 2. The molecule has 7 heteroatoms. The standard InChI is InChI=1S/C13H16ClF3N2.ClH/c14-13-9(2-1-3-10(13)15)11(8-12(16)17)19-6-4-18-5-7-19;/h1-3,11-12,18H,4-8H2;1H/t11-;/m1./s1. The van der Waals surface area contributed by atoms with Crippen LogP contribution in [0.5, 0.6) is 0 Å². The molecule has 0 spiro atoms. The summed E-state index contributed by atoms with van der Waals surface area (Å²) in [5.74, 6) is -0.562. The lowest BCUT2D eigenvalue weighted by atomic mass is 10.0. The van der Waals surface area contributed by atoms with Gasteiger partial charge in [-0.2, -0.15) is 0 Å². The van der Waals surface area contributed by atoms with Crippen molar-refractivity contribution in [3.05, 3.63) is 34.6 Å². The third-order valence-electron chi connectivity index (χ3n) is 3.33. The molecular weight excluding hydrogens is 312 g/mol. The summed E-state index contributed by atoms with van der Waals surface area (Å²) in [4.78, 5) is 1.93. The Hall–Kier alpha value is -0.490. The molecule has 20 heavy (non-hydrogen) atoms. The molecule has 0 unspecified atom stereocenters. The van der Waals surface area contributed by atoms with Crippen molar-refractivity contribution >= 4 is 24.0 Å². The number of rotatable bonds is 4. The molecule has 2 rings (SSSR count). The lowest BCUT2D eigenvalue weighted by Gasteiger charge is -2.35. The van der Waals surface area contributed by atoms with Gasteiger partial charge in [0.2, 0.25) is 6.43 Å². The summed E-state index contributed by atoms with van der Waals surface area (Å²) in [5, 5.41) is 3.11. The van der Waals surface area contributed by atoms with Crippen LogP contribution >= 0.6 is 24.0 Å². The van der Waals surface area contributed by atoms with E-state index in [0.29, 0.717) is 18.7 Å². The van der Waals surface area contributed by atoms with Gasteiger partial charge in [-0.25, -0.2) is 13.2 Å². The number of nitrogens with zero attached hydrogens (tertiary/aromatic N) is 1. The second-order valence-corrected chi connectivity index (χ2v) is 4.95. The van der Waals surface area contributed by atoms with Crippen molar-refractivity contribution in [2.75, 3.05) is 26.2 Å². The van der Waals surface area contributed by atoms with E-state index in [1.165, 1.54) is 12.1 Å². The Labute approximate surface area is 127 Å². The van der Waals surface area contributed by atoms with Gasteiger partial charge in [-0.15, -0.1) is 12.4 Å². The maximum absolute atomic E-state index is 13.5. The average Bonchev–Trinajstić information content (AvgIpc) is 2.40. The Kier molecular flexibility index (Phi) is 7.09. The molecule has 2 nitrogen and oxygen atoms in total. The number of hydrogen-bond donors (Lipinski definition) is 1. The SMILES string of the molecule is Cl.Fc1cccc([C@@H](CC(F)F)N2CCNCC2)c1Cl. The maximum Gasteiger partial charge on any atom is 0.240 e. The topological polar surface area (TPSA) is 15.3 Å². The molecule has 0 radical (unpaired) electrons. The first-order valence-electron chi connectivity index (χ1n) is 6.26. The Morgan fingerprint density at radius 2 is 1.90 bits per heavy atom. The monoisotopic (exact) mass is 328 g/mol. The van der Waals surface area contributed by atoms with E-state index < -0.39 is 18.3 Å². The lowest BCUT2D eigenvalue weighted by molar-refractivity contribution is 0.0738. The van der Waals surface area contributed by atoms with Crippen LogP contribution in [-0.2, 0) is 0 Å². The molecular formula is C13H17Cl2F3N2. The van der Waals surface area contributed by atoms with Crippen molar-refractivity contribution in [2.24, 2.45) is 0 Å². The van der Waals surface area contributed by atoms with Crippen molar-refractivity contribution in [2.45, 2.75) is 18.9 Å². The molecule has 1 heterocycles. The van der Waals surface area contributed by atoms with Gasteiger partial charge in [-0.05, 0) is 11.6 Å². The van der Waals surface area contributed by atoms with Crippen molar-refractivity contribution in [1.29, 1.82) is 0 Å². The molecule has 1 aliphatic heterocycles. The molecule has 1 fully saturated rings. The highest BCUT2D eigenvalue weighted by atomic mass is 35.5. The van der Waals surface area contributed by atoms with Gasteiger partial charge >= 0.3 is 0 Å². The number of nitrogens with one attached hydrogen (secondary N) is 1. The average molecular weight is 329 g/mol. The van der Waals surface area contributed by atoms with Crippen molar-refractivity contribution in [1.82, 2.24) is 10.2 Å². The minimum atomic E-state index is -2.45. The highest BCUT2D eigenvalue weighted by molar-refractivity contribution is 6.31. The number of piperazine rings is 1. The van der Waals surface area contributed by atoms with E-state index in [1.807, 2.05) is 4.90 Å². The first-order chi connectivity index (χ1) is 9.09. The fourth-order valence-corrected chi connectivity index (χ4v) is 2.67. The second kappa shape index (κ2) is 8.08. The van der Waals surface area contributed by atoms with Gasteiger partial charge in [0.15, 0.2) is 0 Å². The van der Waals surface area contributed by atoms with Gasteiger partial charge in [0.05, 0.1) is 5.02 Å².